The van der Waals surface area contributed by atoms with Gasteiger partial charge in [0.25, 0.3) is 0 Å². The highest BCUT2D eigenvalue weighted by atomic mass is 16.5. The minimum Gasteiger partial charge on any atom is -0.469 e. The van der Waals surface area contributed by atoms with E-state index in [9.17, 15) is 9.59 Å². The predicted octanol–water partition coefficient (Wildman–Crippen LogP) is 2.58. The van der Waals surface area contributed by atoms with Gasteiger partial charge in [0, 0.05) is 25.1 Å². The van der Waals surface area contributed by atoms with Gasteiger partial charge in [-0.05, 0) is 24.1 Å². The van der Waals surface area contributed by atoms with Gasteiger partial charge in [-0.2, -0.15) is 5.26 Å². The van der Waals surface area contributed by atoms with Crippen molar-refractivity contribution in [2.24, 2.45) is 0 Å². The molecule has 0 unspecified atom stereocenters. The average Bonchev–Trinajstić information content (AvgIpc) is 2.58. The Balaban J connectivity index is 2.73. The van der Waals surface area contributed by atoms with E-state index in [4.69, 9.17) is 5.26 Å². The van der Waals surface area contributed by atoms with Gasteiger partial charge in [-0.15, -0.1) is 6.58 Å². The van der Waals surface area contributed by atoms with E-state index in [1.165, 1.54) is 7.11 Å². The molecule has 5 heteroatoms. The first-order valence-electron chi connectivity index (χ1n) is 7.15. The highest BCUT2D eigenvalue weighted by Gasteiger charge is 2.17. The van der Waals surface area contributed by atoms with Crippen LogP contribution in [0.15, 0.2) is 49.1 Å². The number of benzene rings is 1. The molecule has 120 valence electrons. The van der Waals surface area contributed by atoms with Crippen LogP contribution in [-0.4, -0.2) is 30.4 Å². The van der Waals surface area contributed by atoms with Gasteiger partial charge in [-0.3, -0.25) is 9.59 Å². The molecule has 0 aliphatic carbocycles. The lowest BCUT2D eigenvalue weighted by atomic mass is 10.1. The number of nitriles is 1. The summed E-state index contributed by atoms with van der Waals surface area (Å²) >= 11 is 0. The average molecular weight is 312 g/mol. The van der Waals surface area contributed by atoms with Crippen LogP contribution in [0, 0.1) is 11.3 Å². The zero-order valence-corrected chi connectivity index (χ0v) is 13.2. The summed E-state index contributed by atoms with van der Waals surface area (Å²) in [5, 5.41) is 8.80. The van der Waals surface area contributed by atoms with Gasteiger partial charge in [-0.1, -0.05) is 24.8 Å². The van der Waals surface area contributed by atoms with Crippen LogP contribution in [0.5, 0.6) is 0 Å². The summed E-state index contributed by atoms with van der Waals surface area (Å²) in [4.78, 5) is 25.2. The molecule has 5 nitrogen and oxygen atoms in total. The molecule has 0 saturated carbocycles. The summed E-state index contributed by atoms with van der Waals surface area (Å²) in [6.45, 7) is 8.17. The fourth-order valence-electron chi connectivity index (χ4n) is 1.97. The Bertz CT molecular complexity index is 627. The molecule has 0 N–H and O–H groups in total. The predicted molar refractivity (Wildman–Crippen MR) is 87.2 cm³/mol. The van der Waals surface area contributed by atoms with E-state index < -0.39 is 0 Å². The number of nitrogens with zero attached hydrogens (tertiary/aromatic N) is 2. The van der Waals surface area contributed by atoms with Crippen molar-refractivity contribution < 1.29 is 14.3 Å². The lowest BCUT2D eigenvalue weighted by Crippen LogP contribution is -2.31. The van der Waals surface area contributed by atoms with E-state index in [2.05, 4.69) is 24.0 Å². The van der Waals surface area contributed by atoms with Crippen molar-refractivity contribution >= 4 is 11.9 Å². The number of methoxy groups -OCH3 is 1. The molecule has 1 aromatic carbocycles. The molecule has 0 radical (unpaired) electrons. The van der Waals surface area contributed by atoms with Crippen molar-refractivity contribution in [3.8, 4) is 6.07 Å². The van der Waals surface area contributed by atoms with Crippen molar-refractivity contribution in [1.29, 1.82) is 5.26 Å². The quantitative estimate of drug-likeness (QED) is 0.420. The van der Waals surface area contributed by atoms with E-state index in [1.807, 2.05) is 0 Å². The summed E-state index contributed by atoms with van der Waals surface area (Å²) < 4.78 is 4.56. The van der Waals surface area contributed by atoms with Crippen molar-refractivity contribution in [1.82, 2.24) is 4.90 Å². The number of hydrogen-bond acceptors (Lipinski definition) is 4. The Morgan fingerprint density at radius 3 is 2.48 bits per heavy atom. The number of esters is 1. The van der Waals surface area contributed by atoms with E-state index in [-0.39, 0.29) is 24.7 Å². The number of carbonyl (C=O) groups is 2. The van der Waals surface area contributed by atoms with Crippen LogP contribution in [0.2, 0.25) is 0 Å². The number of ether oxygens (including phenoxy) is 1. The zero-order chi connectivity index (χ0) is 17.2. The zero-order valence-electron chi connectivity index (χ0n) is 13.2. The van der Waals surface area contributed by atoms with Gasteiger partial charge in [0.2, 0.25) is 5.91 Å². The van der Waals surface area contributed by atoms with Crippen molar-refractivity contribution in [3.63, 3.8) is 0 Å². The van der Waals surface area contributed by atoms with Crippen molar-refractivity contribution in [2.45, 2.75) is 19.4 Å². The van der Waals surface area contributed by atoms with Crippen LogP contribution in [0.1, 0.15) is 24.0 Å². The lowest BCUT2D eigenvalue weighted by Gasteiger charge is -2.22. The van der Waals surface area contributed by atoms with Gasteiger partial charge in [-0.25, -0.2) is 0 Å². The second kappa shape index (κ2) is 9.21. The fraction of sp³-hybridized carbons (Fsp3) is 0.278. The van der Waals surface area contributed by atoms with Crippen LogP contribution >= 0.6 is 0 Å². The molecule has 1 rings (SSSR count). The van der Waals surface area contributed by atoms with Crippen LogP contribution in [0.4, 0.5) is 0 Å². The molecule has 1 amide bonds. The smallest absolute Gasteiger partial charge is 0.305 e. The summed E-state index contributed by atoms with van der Waals surface area (Å²) in [7, 11) is 1.31. The second-order valence-corrected chi connectivity index (χ2v) is 4.96. The Kier molecular flexibility index (Phi) is 7.28. The van der Waals surface area contributed by atoms with E-state index in [0.717, 1.165) is 5.56 Å². The van der Waals surface area contributed by atoms with Crippen LogP contribution in [0.25, 0.3) is 0 Å². The third-order valence-corrected chi connectivity index (χ3v) is 3.25. The van der Waals surface area contributed by atoms with Gasteiger partial charge < -0.3 is 9.64 Å². The molecule has 0 saturated heterocycles. The molecule has 0 aliphatic heterocycles. The third kappa shape index (κ3) is 5.79. The molecule has 0 aliphatic rings. The topological polar surface area (TPSA) is 70.4 Å². The van der Waals surface area contributed by atoms with E-state index in [1.54, 1.807) is 35.2 Å². The number of hydrogen-bond donors (Lipinski definition) is 0. The van der Waals surface area contributed by atoms with Gasteiger partial charge in [0.05, 0.1) is 18.7 Å². The SMILES string of the molecule is C=CCN(Cc1ccc(C#N)cc1)C(=O)C(=C)CCC(=O)OC. The Morgan fingerprint density at radius 2 is 1.96 bits per heavy atom. The maximum Gasteiger partial charge on any atom is 0.305 e. The summed E-state index contributed by atoms with van der Waals surface area (Å²) in [6.07, 6.45) is 2.02. The molecule has 23 heavy (non-hydrogen) atoms. The van der Waals surface area contributed by atoms with Gasteiger partial charge in [0.15, 0.2) is 0 Å². The maximum absolute atomic E-state index is 12.4. The molecule has 0 bridgehead atoms. The van der Waals surface area contributed by atoms with Crippen LogP contribution in [-0.2, 0) is 20.9 Å². The van der Waals surface area contributed by atoms with Crippen molar-refractivity contribution in [3.05, 3.63) is 60.2 Å². The molecule has 0 spiro atoms. The fourth-order valence-corrected chi connectivity index (χ4v) is 1.97. The monoisotopic (exact) mass is 312 g/mol. The molecule has 0 fully saturated rings. The minimum atomic E-state index is -0.374. The highest BCUT2D eigenvalue weighted by molar-refractivity contribution is 5.93. The molecular weight excluding hydrogens is 292 g/mol. The van der Waals surface area contributed by atoms with Crippen LogP contribution in [0.3, 0.4) is 0 Å². The Morgan fingerprint density at radius 1 is 1.30 bits per heavy atom. The molecule has 0 atom stereocenters. The Hall–Kier alpha value is -2.87. The summed E-state index contributed by atoms with van der Waals surface area (Å²) in [6, 6.07) is 9.07. The van der Waals surface area contributed by atoms with E-state index >= 15 is 0 Å². The highest BCUT2D eigenvalue weighted by Crippen LogP contribution is 2.13. The maximum atomic E-state index is 12.4. The van der Waals surface area contributed by atoms with Gasteiger partial charge in [0.1, 0.15) is 0 Å². The first-order chi connectivity index (χ1) is 11.0. The van der Waals surface area contributed by atoms with Crippen LogP contribution < -0.4 is 0 Å². The van der Waals surface area contributed by atoms with Crippen molar-refractivity contribution in [2.75, 3.05) is 13.7 Å². The normalized spacial score (nSPS) is 9.57. The molecule has 1 aromatic rings. The van der Waals surface area contributed by atoms with Gasteiger partial charge >= 0.3 is 5.97 Å². The number of amides is 1. The van der Waals surface area contributed by atoms with E-state index in [0.29, 0.717) is 24.2 Å². The summed E-state index contributed by atoms with van der Waals surface area (Å²) in [5.74, 6) is -0.598. The standard InChI is InChI=1S/C18H20N2O3/c1-4-11-20(13-16-8-6-15(12-19)7-9-16)18(22)14(2)5-10-17(21)23-3/h4,6-9H,1-2,5,10-11,13H2,3H3. The number of carbonyl (C=O) groups excluding carboxylic acids is 2. The largest absolute Gasteiger partial charge is 0.469 e. The third-order valence-electron chi connectivity index (χ3n) is 3.25. The lowest BCUT2D eigenvalue weighted by molar-refractivity contribution is -0.140. The first-order valence-corrected chi connectivity index (χ1v) is 7.15. The number of rotatable bonds is 8. The summed E-state index contributed by atoms with van der Waals surface area (Å²) in [5.41, 5.74) is 1.82. The Labute approximate surface area is 136 Å². The molecule has 0 heterocycles. The first kappa shape index (κ1) is 18.2. The minimum absolute atomic E-state index is 0.125. The molecular formula is C18H20N2O3. The second-order valence-electron chi connectivity index (χ2n) is 4.96. The molecule has 0 aromatic heterocycles.